The number of hydrogen-bond donors (Lipinski definition) is 1. The minimum atomic E-state index is 0.420. The normalized spacial score (nSPS) is 12.4. The lowest BCUT2D eigenvalue weighted by Gasteiger charge is -2.30. The number of benzene rings is 2. The van der Waals surface area contributed by atoms with Gasteiger partial charge in [-0.05, 0) is 82.1 Å². The summed E-state index contributed by atoms with van der Waals surface area (Å²) in [5, 5.41) is 11.0. The molecule has 1 saturated carbocycles. The number of aromatic nitrogens is 1. The molecule has 182 valence electrons. The number of rotatable bonds is 9. The summed E-state index contributed by atoms with van der Waals surface area (Å²) in [5.41, 5.74) is 8.33. The Kier molecular flexibility index (Phi) is 11.1. The van der Waals surface area contributed by atoms with Crippen molar-refractivity contribution in [2.45, 2.75) is 39.2 Å². The Hall–Kier alpha value is -3.34. The molecular formula is C27H35N3O4. The van der Waals surface area contributed by atoms with E-state index in [9.17, 15) is 5.26 Å². The molecule has 34 heavy (non-hydrogen) atoms. The maximum absolute atomic E-state index is 10.0. The Morgan fingerprint density at radius 1 is 1.00 bits per heavy atom. The molecular weight excluding hydrogens is 430 g/mol. The van der Waals surface area contributed by atoms with Gasteiger partial charge in [-0.25, -0.2) is 0 Å². The Balaban J connectivity index is 0.000000970. The molecule has 2 aromatic carbocycles. The fraction of sp³-hybridized carbons (Fsp3) is 0.407. The van der Waals surface area contributed by atoms with Gasteiger partial charge in [0.2, 0.25) is 0 Å². The Labute approximate surface area is 202 Å². The van der Waals surface area contributed by atoms with Crippen molar-refractivity contribution in [2.75, 3.05) is 33.5 Å². The zero-order valence-electron chi connectivity index (χ0n) is 20.4. The molecule has 0 atom stereocenters. The summed E-state index contributed by atoms with van der Waals surface area (Å²) in [6.07, 6.45) is 3.50. The van der Waals surface area contributed by atoms with Gasteiger partial charge in [0.05, 0.1) is 30.0 Å². The Morgan fingerprint density at radius 3 is 2.24 bits per heavy atom. The summed E-state index contributed by atoms with van der Waals surface area (Å²) in [6.45, 7) is 8.38. The third-order valence-corrected chi connectivity index (χ3v) is 5.67. The van der Waals surface area contributed by atoms with E-state index in [0.717, 1.165) is 52.1 Å². The van der Waals surface area contributed by atoms with Crippen molar-refractivity contribution >= 4 is 17.7 Å². The van der Waals surface area contributed by atoms with E-state index in [0.29, 0.717) is 32.5 Å². The van der Waals surface area contributed by atoms with Crippen LogP contribution >= 0.6 is 0 Å². The van der Waals surface area contributed by atoms with Crippen molar-refractivity contribution in [3.63, 3.8) is 0 Å². The first kappa shape index (κ1) is 26.9. The fourth-order valence-corrected chi connectivity index (χ4v) is 4.04. The number of fused-ring (bicyclic) bond motifs is 1. The van der Waals surface area contributed by atoms with E-state index < -0.39 is 0 Å². The maximum atomic E-state index is 10.0. The van der Waals surface area contributed by atoms with Gasteiger partial charge in [0.1, 0.15) is 31.0 Å². The van der Waals surface area contributed by atoms with Gasteiger partial charge >= 0.3 is 0 Å². The quantitative estimate of drug-likeness (QED) is 0.441. The zero-order valence-corrected chi connectivity index (χ0v) is 20.4. The van der Waals surface area contributed by atoms with Crippen molar-refractivity contribution in [1.29, 1.82) is 5.26 Å². The summed E-state index contributed by atoms with van der Waals surface area (Å²) in [6, 6.07) is 17.0. The molecule has 0 radical (unpaired) electrons. The predicted molar refractivity (Wildman–Crippen MR) is 135 cm³/mol. The topological polar surface area (TPSA) is 99.5 Å². The molecule has 7 nitrogen and oxygen atoms in total. The molecule has 1 aromatic heterocycles. The smallest absolute Gasteiger partial charge is 0.121 e. The Bertz CT molecular complexity index is 1070. The van der Waals surface area contributed by atoms with Crippen molar-refractivity contribution in [2.24, 2.45) is 5.73 Å². The van der Waals surface area contributed by atoms with Gasteiger partial charge in [0.25, 0.3) is 0 Å². The second-order valence-corrected chi connectivity index (χ2v) is 7.47. The molecule has 1 heterocycles. The van der Waals surface area contributed by atoms with E-state index >= 15 is 0 Å². The van der Waals surface area contributed by atoms with Crippen LogP contribution in [0.25, 0.3) is 22.2 Å². The SMILES string of the molecule is C=O.CCOCCOc1ccc(-c2c(C#N)c3ccc(OCC)cc3n2C2CCC2)cc1.CN. The first-order chi connectivity index (χ1) is 16.8. The van der Waals surface area contributed by atoms with Gasteiger partial charge < -0.3 is 29.3 Å². The first-order valence-electron chi connectivity index (χ1n) is 11.6. The molecule has 0 spiro atoms. The van der Waals surface area contributed by atoms with Gasteiger partial charge in [0, 0.05) is 24.1 Å². The number of carbonyl (C=O) groups excluding carboxylic acids is 1. The van der Waals surface area contributed by atoms with Crippen LogP contribution in [-0.4, -0.2) is 44.8 Å². The number of nitriles is 1. The van der Waals surface area contributed by atoms with Gasteiger partial charge in [-0.2, -0.15) is 5.26 Å². The summed E-state index contributed by atoms with van der Waals surface area (Å²) in [4.78, 5) is 8.00. The van der Waals surface area contributed by atoms with Crippen LogP contribution in [0.2, 0.25) is 0 Å². The van der Waals surface area contributed by atoms with E-state index in [1.165, 1.54) is 13.5 Å². The lowest BCUT2D eigenvalue weighted by atomic mass is 9.92. The number of nitrogens with zero attached hydrogens (tertiary/aromatic N) is 2. The lowest BCUT2D eigenvalue weighted by molar-refractivity contribution is -0.0979. The Morgan fingerprint density at radius 2 is 1.68 bits per heavy atom. The van der Waals surface area contributed by atoms with Crippen LogP contribution in [0.15, 0.2) is 42.5 Å². The van der Waals surface area contributed by atoms with Crippen LogP contribution in [0.4, 0.5) is 0 Å². The first-order valence-corrected chi connectivity index (χ1v) is 11.6. The van der Waals surface area contributed by atoms with Crippen LogP contribution in [0.3, 0.4) is 0 Å². The highest BCUT2D eigenvalue weighted by molar-refractivity contribution is 5.95. The standard InChI is InChI=1S/C25H28N2O3.CH5N.CH2O/c1-3-28-14-15-30-20-10-8-18(9-11-20)25-23(17-26)22-13-12-21(29-4-2)16-24(22)27(25)19-6-5-7-19;2*1-2/h8-13,16,19H,3-7,14-15H2,1-2H3;2H2,1H3;1H2. The molecule has 3 aromatic rings. The van der Waals surface area contributed by atoms with Crippen LogP contribution in [-0.2, 0) is 9.53 Å². The monoisotopic (exact) mass is 465 g/mol. The van der Waals surface area contributed by atoms with Gasteiger partial charge in [-0.3, -0.25) is 0 Å². The van der Waals surface area contributed by atoms with E-state index in [1.54, 1.807) is 0 Å². The van der Waals surface area contributed by atoms with Crippen LogP contribution in [0.5, 0.6) is 11.5 Å². The zero-order chi connectivity index (χ0) is 24.9. The third kappa shape index (κ3) is 5.96. The second kappa shape index (κ2) is 14.0. The predicted octanol–water partition coefficient (Wildman–Crippen LogP) is 5.11. The molecule has 4 rings (SSSR count). The van der Waals surface area contributed by atoms with Crippen molar-refractivity contribution < 1.29 is 19.0 Å². The number of nitrogens with two attached hydrogens (primary N) is 1. The van der Waals surface area contributed by atoms with Crippen LogP contribution < -0.4 is 15.2 Å². The average molecular weight is 466 g/mol. The summed E-state index contributed by atoms with van der Waals surface area (Å²) in [5.74, 6) is 1.65. The fourth-order valence-electron chi connectivity index (χ4n) is 4.04. The highest BCUT2D eigenvalue weighted by Gasteiger charge is 2.28. The number of carbonyl (C=O) groups is 1. The summed E-state index contributed by atoms with van der Waals surface area (Å²) >= 11 is 0. The highest BCUT2D eigenvalue weighted by atomic mass is 16.5. The van der Waals surface area contributed by atoms with Crippen molar-refractivity contribution in [3.05, 3.63) is 48.0 Å². The molecule has 0 aliphatic heterocycles. The van der Waals surface area contributed by atoms with E-state index in [1.807, 2.05) is 57.0 Å². The molecule has 0 unspecified atom stereocenters. The second-order valence-electron chi connectivity index (χ2n) is 7.47. The molecule has 1 aliphatic carbocycles. The molecule has 0 saturated heterocycles. The largest absolute Gasteiger partial charge is 0.494 e. The molecule has 7 heteroatoms. The molecule has 0 bridgehead atoms. The summed E-state index contributed by atoms with van der Waals surface area (Å²) < 4.78 is 19.2. The molecule has 0 amide bonds. The van der Waals surface area contributed by atoms with Gasteiger partial charge in [0.15, 0.2) is 0 Å². The summed E-state index contributed by atoms with van der Waals surface area (Å²) in [7, 11) is 1.50. The van der Waals surface area contributed by atoms with Gasteiger partial charge in [-0.1, -0.05) is 0 Å². The number of hydrogen-bond acceptors (Lipinski definition) is 6. The highest BCUT2D eigenvalue weighted by Crippen LogP contribution is 2.43. The number of ether oxygens (including phenoxy) is 3. The van der Waals surface area contributed by atoms with E-state index in [-0.39, 0.29) is 0 Å². The minimum Gasteiger partial charge on any atom is -0.494 e. The third-order valence-electron chi connectivity index (χ3n) is 5.67. The molecule has 2 N–H and O–H groups in total. The lowest BCUT2D eigenvalue weighted by Crippen LogP contribution is -2.17. The van der Waals surface area contributed by atoms with Gasteiger partial charge in [-0.15, -0.1) is 0 Å². The van der Waals surface area contributed by atoms with Crippen molar-refractivity contribution in [3.8, 4) is 28.8 Å². The minimum absolute atomic E-state index is 0.420. The van der Waals surface area contributed by atoms with E-state index in [2.05, 4.69) is 22.4 Å². The molecule has 1 fully saturated rings. The van der Waals surface area contributed by atoms with Crippen LogP contribution in [0.1, 0.15) is 44.7 Å². The average Bonchev–Trinajstić information content (AvgIpc) is 3.17. The molecule has 1 aliphatic rings. The van der Waals surface area contributed by atoms with E-state index in [4.69, 9.17) is 19.0 Å². The van der Waals surface area contributed by atoms with Crippen LogP contribution in [0, 0.1) is 11.3 Å². The van der Waals surface area contributed by atoms with Crippen molar-refractivity contribution in [1.82, 2.24) is 4.57 Å². The maximum Gasteiger partial charge on any atom is 0.121 e.